The lowest BCUT2D eigenvalue weighted by Crippen LogP contribution is -2.34. The number of carbonyl (C=O) groups is 1. The highest BCUT2D eigenvalue weighted by Gasteiger charge is 2.20. The van der Waals surface area contributed by atoms with Crippen LogP contribution in [0.3, 0.4) is 0 Å². The van der Waals surface area contributed by atoms with Crippen molar-refractivity contribution < 1.29 is 14.3 Å². The van der Waals surface area contributed by atoms with E-state index in [-0.39, 0.29) is 11.9 Å². The number of hydrogen-bond acceptors (Lipinski definition) is 2. The van der Waals surface area contributed by atoms with Crippen LogP contribution in [-0.2, 0) is 4.79 Å². The van der Waals surface area contributed by atoms with Gasteiger partial charge < -0.3 is 5.11 Å². The average Bonchev–Trinajstić information content (AvgIpc) is 2.37. The van der Waals surface area contributed by atoms with E-state index in [1.165, 1.54) is 6.07 Å². The Hall–Kier alpha value is -1.42. The number of hydrogen-bond donors (Lipinski definition) is 1. The molecular weight excluding hydrogens is 245 g/mol. The number of carboxylic acids is 1. The highest BCUT2D eigenvalue weighted by atomic mass is 19.1. The third-order valence-electron chi connectivity index (χ3n) is 3.56. The number of benzene rings is 1. The van der Waals surface area contributed by atoms with Gasteiger partial charge in [-0.3, -0.25) is 9.69 Å². The smallest absolute Gasteiger partial charge is 0.307 e. The molecule has 3 nitrogen and oxygen atoms in total. The third kappa shape index (κ3) is 4.03. The Bertz CT molecular complexity index is 448. The Morgan fingerprint density at radius 1 is 1.42 bits per heavy atom. The number of nitrogens with zero attached hydrogens (tertiary/aromatic N) is 1. The minimum Gasteiger partial charge on any atom is -0.481 e. The van der Waals surface area contributed by atoms with Crippen LogP contribution in [0.2, 0.25) is 0 Å². The van der Waals surface area contributed by atoms with E-state index in [1.807, 2.05) is 24.8 Å². The predicted octanol–water partition coefficient (Wildman–Crippen LogP) is 3.24. The molecule has 0 spiro atoms. The summed E-state index contributed by atoms with van der Waals surface area (Å²) in [6, 6.07) is 5.20. The zero-order chi connectivity index (χ0) is 14.6. The molecule has 0 bridgehead atoms. The van der Waals surface area contributed by atoms with Crippen LogP contribution in [0.5, 0.6) is 0 Å². The Morgan fingerprint density at radius 2 is 2.05 bits per heavy atom. The Labute approximate surface area is 114 Å². The maximum atomic E-state index is 13.6. The number of aliphatic carboxylic acids is 1. The fourth-order valence-corrected chi connectivity index (χ4v) is 2.07. The van der Waals surface area contributed by atoms with E-state index in [1.54, 1.807) is 19.9 Å². The van der Waals surface area contributed by atoms with Gasteiger partial charge in [0.1, 0.15) is 5.82 Å². The van der Waals surface area contributed by atoms with E-state index in [2.05, 4.69) is 0 Å². The number of rotatable bonds is 6. The second kappa shape index (κ2) is 6.66. The molecule has 1 N–H and O–H groups in total. The van der Waals surface area contributed by atoms with Gasteiger partial charge >= 0.3 is 5.97 Å². The summed E-state index contributed by atoms with van der Waals surface area (Å²) in [6.07, 6.45) is 0. The molecule has 0 aliphatic carbocycles. The van der Waals surface area contributed by atoms with Gasteiger partial charge in [0, 0.05) is 12.6 Å². The van der Waals surface area contributed by atoms with Gasteiger partial charge in [0.05, 0.1) is 5.92 Å². The van der Waals surface area contributed by atoms with E-state index in [4.69, 9.17) is 5.11 Å². The molecule has 0 fully saturated rings. The summed E-state index contributed by atoms with van der Waals surface area (Å²) >= 11 is 0. The molecule has 0 saturated carbocycles. The maximum Gasteiger partial charge on any atom is 0.307 e. The molecule has 19 heavy (non-hydrogen) atoms. The second-order valence-corrected chi connectivity index (χ2v) is 5.01. The SMILES string of the molecule is CCN(CC(C)C(=O)O)C(C)c1ccc(C)c(F)c1. The normalized spacial score (nSPS) is 14.4. The molecule has 0 heterocycles. The lowest BCUT2D eigenvalue weighted by molar-refractivity contribution is -0.141. The van der Waals surface area contributed by atoms with Crippen LogP contribution < -0.4 is 0 Å². The molecule has 0 aliphatic rings. The standard InChI is InChI=1S/C15H22FNO2/c1-5-17(9-11(3)15(18)19)12(4)13-7-6-10(2)14(16)8-13/h6-8,11-12H,5,9H2,1-4H3,(H,18,19). The van der Waals surface area contributed by atoms with Crippen molar-refractivity contribution in [1.29, 1.82) is 0 Å². The zero-order valence-electron chi connectivity index (χ0n) is 12.0. The first-order valence-corrected chi connectivity index (χ1v) is 6.59. The van der Waals surface area contributed by atoms with Crippen molar-refractivity contribution in [3.8, 4) is 0 Å². The quantitative estimate of drug-likeness (QED) is 0.860. The van der Waals surface area contributed by atoms with Crippen LogP contribution in [0.25, 0.3) is 0 Å². The molecule has 0 aromatic heterocycles. The third-order valence-corrected chi connectivity index (χ3v) is 3.56. The molecule has 0 radical (unpaired) electrons. The number of aryl methyl sites for hydroxylation is 1. The summed E-state index contributed by atoms with van der Waals surface area (Å²) in [6.45, 7) is 8.57. The fourth-order valence-electron chi connectivity index (χ4n) is 2.07. The number of halogens is 1. The van der Waals surface area contributed by atoms with Crippen molar-refractivity contribution in [3.63, 3.8) is 0 Å². The van der Waals surface area contributed by atoms with Gasteiger partial charge in [-0.15, -0.1) is 0 Å². The second-order valence-electron chi connectivity index (χ2n) is 5.01. The molecule has 0 aliphatic heterocycles. The van der Waals surface area contributed by atoms with E-state index in [0.29, 0.717) is 12.1 Å². The molecule has 0 saturated heterocycles. The average molecular weight is 267 g/mol. The van der Waals surface area contributed by atoms with Crippen molar-refractivity contribution in [1.82, 2.24) is 4.90 Å². The molecule has 1 aromatic rings. The highest BCUT2D eigenvalue weighted by molar-refractivity contribution is 5.69. The minimum absolute atomic E-state index is 0.00176. The van der Waals surface area contributed by atoms with Crippen molar-refractivity contribution in [2.75, 3.05) is 13.1 Å². The molecule has 2 atom stereocenters. The topological polar surface area (TPSA) is 40.5 Å². The van der Waals surface area contributed by atoms with Crippen LogP contribution in [0.15, 0.2) is 18.2 Å². The summed E-state index contributed by atoms with van der Waals surface area (Å²) in [5, 5.41) is 8.97. The highest BCUT2D eigenvalue weighted by Crippen LogP contribution is 2.23. The molecule has 4 heteroatoms. The maximum absolute atomic E-state index is 13.6. The number of carboxylic acid groups (broad SMARTS) is 1. The van der Waals surface area contributed by atoms with Crippen LogP contribution in [0.1, 0.15) is 37.9 Å². The summed E-state index contributed by atoms with van der Waals surface area (Å²) in [5.41, 5.74) is 1.50. The van der Waals surface area contributed by atoms with Crippen molar-refractivity contribution >= 4 is 5.97 Å². The van der Waals surface area contributed by atoms with Crippen molar-refractivity contribution in [2.45, 2.75) is 33.7 Å². The van der Waals surface area contributed by atoms with Gasteiger partial charge in [-0.05, 0) is 37.6 Å². The Kier molecular flexibility index (Phi) is 5.48. The molecule has 106 valence electrons. The van der Waals surface area contributed by atoms with Crippen LogP contribution in [-0.4, -0.2) is 29.1 Å². The first-order valence-electron chi connectivity index (χ1n) is 6.59. The molecule has 1 aromatic carbocycles. The summed E-state index contributed by atoms with van der Waals surface area (Å²) in [7, 11) is 0. The molecule has 0 amide bonds. The van der Waals surface area contributed by atoms with E-state index in [0.717, 1.165) is 12.1 Å². The first-order chi connectivity index (χ1) is 8.86. The summed E-state index contributed by atoms with van der Waals surface area (Å²) in [5.74, 6) is -1.45. The Morgan fingerprint density at radius 3 is 2.53 bits per heavy atom. The van der Waals surface area contributed by atoms with Crippen LogP contribution in [0, 0.1) is 18.7 Å². The Balaban J connectivity index is 2.85. The summed E-state index contributed by atoms with van der Waals surface area (Å²) < 4.78 is 13.6. The van der Waals surface area contributed by atoms with Gasteiger partial charge in [0.15, 0.2) is 0 Å². The van der Waals surface area contributed by atoms with Gasteiger partial charge in [-0.1, -0.05) is 26.0 Å². The van der Waals surface area contributed by atoms with Crippen molar-refractivity contribution in [3.05, 3.63) is 35.1 Å². The van der Waals surface area contributed by atoms with E-state index < -0.39 is 11.9 Å². The van der Waals surface area contributed by atoms with Crippen LogP contribution in [0.4, 0.5) is 4.39 Å². The van der Waals surface area contributed by atoms with Gasteiger partial charge in [-0.2, -0.15) is 0 Å². The molecular formula is C15H22FNO2. The largest absolute Gasteiger partial charge is 0.481 e. The first kappa shape index (κ1) is 15.6. The zero-order valence-corrected chi connectivity index (χ0v) is 12.0. The minimum atomic E-state index is -0.805. The van der Waals surface area contributed by atoms with Gasteiger partial charge in [0.2, 0.25) is 0 Å². The predicted molar refractivity (Wildman–Crippen MR) is 73.6 cm³/mol. The fraction of sp³-hybridized carbons (Fsp3) is 0.533. The summed E-state index contributed by atoms with van der Waals surface area (Å²) in [4.78, 5) is 13.0. The molecule has 1 rings (SSSR count). The monoisotopic (exact) mass is 267 g/mol. The van der Waals surface area contributed by atoms with E-state index in [9.17, 15) is 9.18 Å². The van der Waals surface area contributed by atoms with E-state index >= 15 is 0 Å². The van der Waals surface area contributed by atoms with Crippen LogP contribution >= 0.6 is 0 Å². The lowest BCUT2D eigenvalue weighted by atomic mass is 10.0. The van der Waals surface area contributed by atoms with Gasteiger partial charge in [-0.25, -0.2) is 4.39 Å². The lowest BCUT2D eigenvalue weighted by Gasteiger charge is -2.29. The molecule has 2 unspecified atom stereocenters. The van der Waals surface area contributed by atoms with Crippen molar-refractivity contribution in [2.24, 2.45) is 5.92 Å². The van der Waals surface area contributed by atoms with Gasteiger partial charge in [0.25, 0.3) is 0 Å².